The van der Waals surface area contributed by atoms with Crippen molar-refractivity contribution in [2.45, 2.75) is 25.8 Å². The van der Waals surface area contributed by atoms with Crippen LogP contribution in [-0.4, -0.2) is 40.0 Å². The molecule has 150 valence electrons. The molecule has 1 fully saturated rings. The van der Waals surface area contributed by atoms with Gasteiger partial charge in [0.2, 0.25) is 5.91 Å². The Morgan fingerprint density at radius 1 is 1.14 bits per heavy atom. The Morgan fingerprint density at radius 3 is 2.55 bits per heavy atom. The second-order valence-corrected chi connectivity index (χ2v) is 7.38. The van der Waals surface area contributed by atoms with Crippen molar-refractivity contribution in [2.24, 2.45) is 0 Å². The Morgan fingerprint density at radius 2 is 1.83 bits per heavy atom. The minimum atomic E-state index is -0.493. The Balaban J connectivity index is 1.73. The maximum absolute atomic E-state index is 13.4. The summed E-state index contributed by atoms with van der Waals surface area (Å²) < 4.78 is 14.9. The predicted octanol–water partition coefficient (Wildman–Crippen LogP) is 2.80. The summed E-state index contributed by atoms with van der Waals surface area (Å²) in [7, 11) is 0. The van der Waals surface area contributed by atoms with E-state index in [-0.39, 0.29) is 17.3 Å². The number of benzene rings is 2. The molecule has 1 aliphatic heterocycles. The summed E-state index contributed by atoms with van der Waals surface area (Å²) in [5, 5.41) is 3.43. The molecule has 0 spiro atoms. The van der Waals surface area contributed by atoms with Gasteiger partial charge in [-0.25, -0.2) is 9.37 Å². The van der Waals surface area contributed by atoms with Crippen LogP contribution < -0.4 is 10.9 Å². The summed E-state index contributed by atoms with van der Waals surface area (Å²) in [4.78, 5) is 32.5. The van der Waals surface area contributed by atoms with Crippen LogP contribution in [0.1, 0.15) is 31.6 Å². The van der Waals surface area contributed by atoms with Gasteiger partial charge in [-0.3, -0.25) is 19.1 Å². The van der Waals surface area contributed by atoms with Crippen LogP contribution in [0.15, 0.2) is 53.3 Å². The van der Waals surface area contributed by atoms with Crippen molar-refractivity contribution in [3.05, 3.63) is 70.5 Å². The molecule has 4 rings (SSSR count). The van der Waals surface area contributed by atoms with E-state index in [9.17, 15) is 14.0 Å². The highest BCUT2D eigenvalue weighted by Crippen LogP contribution is 2.18. The number of aromatic nitrogens is 2. The number of nitrogens with zero attached hydrogens (tertiary/aromatic N) is 3. The van der Waals surface area contributed by atoms with Crippen molar-refractivity contribution in [1.29, 1.82) is 0 Å². The summed E-state index contributed by atoms with van der Waals surface area (Å²) in [6, 6.07) is 12.3. The predicted molar refractivity (Wildman–Crippen MR) is 110 cm³/mol. The quantitative estimate of drug-likeness (QED) is 0.723. The van der Waals surface area contributed by atoms with E-state index in [1.54, 1.807) is 25.1 Å². The lowest BCUT2D eigenvalue weighted by molar-refractivity contribution is -0.122. The molecule has 1 amide bonds. The van der Waals surface area contributed by atoms with Gasteiger partial charge in [0.1, 0.15) is 11.6 Å². The fourth-order valence-corrected chi connectivity index (χ4v) is 3.78. The number of carbonyl (C=O) groups is 1. The van der Waals surface area contributed by atoms with Crippen LogP contribution in [0.4, 0.5) is 4.39 Å². The number of rotatable bonds is 5. The van der Waals surface area contributed by atoms with E-state index in [4.69, 9.17) is 0 Å². The zero-order valence-corrected chi connectivity index (χ0v) is 16.3. The Labute approximate surface area is 168 Å². The Kier molecular flexibility index (Phi) is 5.40. The number of hydrogen-bond acceptors (Lipinski definition) is 4. The van der Waals surface area contributed by atoms with E-state index in [0.717, 1.165) is 25.9 Å². The largest absolute Gasteiger partial charge is 0.345 e. The topological polar surface area (TPSA) is 67.2 Å². The van der Waals surface area contributed by atoms with Crippen LogP contribution in [0.25, 0.3) is 16.6 Å². The van der Waals surface area contributed by atoms with Crippen molar-refractivity contribution >= 4 is 16.8 Å². The first-order chi connectivity index (χ1) is 14.0. The maximum atomic E-state index is 13.4. The highest BCUT2D eigenvalue weighted by atomic mass is 19.1. The van der Waals surface area contributed by atoms with Crippen LogP contribution in [-0.2, 0) is 4.79 Å². The Bertz CT molecular complexity index is 1090. The lowest BCUT2D eigenvalue weighted by atomic mass is 10.2. The molecule has 2 heterocycles. The SMILES string of the molecule is CC(NC(=O)CN1CCCC1)c1nc2ccccc2c(=O)n1-c1ccc(F)cc1. The van der Waals surface area contributed by atoms with E-state index < -0.39 is 6.04 Å². The average Bonchev–Trinajstić information content (AvgIpc) is 3.21. The number of halogens is 1. The second kappa shape index (κ2) is 8.13. The minimum absolute atomic E-state index is 0.104. The minimum Gasteiger partial charge on any atom is -0.345 e. The molecule has 0 radical (unpaired) electrons. The van der Waals surface area contributed by atoms with Gasteiger partial charge in [-0.2, -0.15) is 0 Å². The van der Waals surface area contributed by atoms with Crippen molar-refractivity contribution in [1.82, 2.24) is 19.8 Å². The van der Waals surface area contributed by atoms with Gasteiger partial charge in [0.05, 0.1) is 29.2 Å². The van der Waals surface area contributed by atoms with E-state index in [1.165, 1.54) is 28.8 Å². The van der Waals surface area contributed by atoms with Gasteiger partial charge in [-0.15, -0.1) is 0 Å². The molecule has 0 bridgehead atoms. The fraction of sp³-hybridized carbons (Fsp3) is 0.318. The van der Waals surface area contributed by atoms with Crippen LogP contribution in [0.3, 0.4) is 0 Å². The molecule has 1 atom stereocenters. The van der Waals surface area contributed by atoms with Gasteiger partial charge in [0, 0.05) is 0 Å². The maximum Gasteiger partial charge on any atom is 0.266 e. The number of amides is 1. The van der Waals surface area contributed by atoms with Crippen LogP contribution in [0.5, 0.6) is 0 Å². The van der Waals surface area contributed by atoms with E-state index in [0.29, 0.717) is 29.0 Å². The molecule has 2 aromatic carbocycles. The monoisotopic (exact) mass is 394 g/mol. The van der Waals surface area contributed by atoms with Crippen molar-refractivity contribution in [3.63, 3.8) is 0 Å². The summed E-state index contributed by atoms with van der Waals surface area (Å²) >= 11 is 0. The molecule has 29 heavy (non-hydrogen) atoms. The number of nitrogens with one attached hydrogen (secondary N) is 1. The molecule has 3 aromatic rings. The smallest absolute Gasteiger partial charge is 0.266 e. The summed E-state index contributed by atoms with van der Waals surface area (Å²) in [5.74, 6) is -0.0772. The average molecular weight is 394 g/mol. The molecule has 1 unspecified atom stereocenters. The molecule has 7 heteroatoms. The molecule has 0 aliphatic carbocycles. The zero-order valence-electron chi connectivity index (χ0n) is 16.3. The van der Waals surface area contributed by atoms with Crippen LogP contribution >= 0.6 is 0 Å². The third-order valence-corrected chi connectivity index (χ3v) is 5.22. The number of hydrogen-bond donors (Lipinski definition) is 1. The Hall–Kier alpha value is -3.06. The van der Waals surface area contributed by atoms with Gasteiger partial charge in [-0.05, 0) is 69.3 Å². The lowest BCUT2D eigenvalue weighted by Crippen LogP contribution is -2.39. The molecule has 6 nitrogen and oxygen atoms in total. The third kappa shape index (κ3) is 4.05. The van der Waals surface area contributed by atoms with E-state index >= 15 is 0 Å². The van der Waals surface area contributed by atoms with Gasteiger partial charge in [0.25, 0.3) is 5.56 Å². The van der Waals surface area contributed by atoms with Crippen molar-refractivity contribution < 1.29 is 9.18 Å². The normalized spacial score (nSPS) is 15.5. The summed E-state index contributed by atoms with van der Waals surface area (Å²) in [5.41, 5.74) is 0.814. The van der Waals surface area contributed by atoms with Gasteiger partial charge < -0.3 is 5.32 Å². The highest BCUT2D eigenvalue weighted by molar-refractivity contribution is 5.79. The first-order valence-electron chi connectivity index (χ1n) is 9.82. The van der Waals surface area contributed by atoms with Crippen molar-refractivity contribution in [3.8, 4) is 5.69 Å². The summed E-state index contributed by atoms with van der Waals surface area (Å²) in [6.45, 7) is 3.99. The summed E-state index contributed by atoms with van der Waals surface area (Å²) in [6.07, 6.45) is 2.22. The highest BCUT2D eigenvalue weighted by Gasteiger charge is 2.21. The molecule has 1 aliphatic rings. The zero-order chi connectivity index (χ0) is 20.4. The first kappa shape index (κ1) is 19.3. The molecule has 0 saturated carbocycles. The van der Waals surface area contributed by atoms with E-state index in [1.807, 2.05) is 6.07 Å². The standard InChI is InChI=1S/C22H23FN4O2/c1-15(24-20(28)14-26-12-4-5-13-26)21-25-19-7-3-2-6-18(19)22(29)27(21)17-10-8-16(23)9-11-17/h2-3,6-11,15H,4-5,12-14H2,1H3,(H,24,28). The third-order valence-electron chi connectivity index (χ3n) is 5.22. The molecule has 1 aromatic heterocycles. The van der Waals surface area contributed by atoms with Gasteiger partial charge in [-0.1, -0.05) is 12.1 Å². The molecular weight excluding hydrogens is 371 g/mol. The van der Waals surface area contributed by atoms with Gasteiger partial charge in [0.15, 0.2) is 0 Å². The number of carbonyl (C=O) groups excluding carboxylic acids is 1. The first-order valence-corrected chi connectivity index (χ1v) is 9.82. The number of para-hydroxylation sites is 1. The molecule has 1 N–H and O–H groups in total. The number of fused-ring (bicyclic) bond motifs is 1. The molecule has 1 saturated heterocycles. The molecular formula is C22H23FN4O2. The van der Waals surface area contributed by atoms with Crippen LogP contribution in [0.2, 0.25) is 0 Å². The van der Waals surface area contributed by atoms with Crippen molar-refractivity contribution in [2.75, 3.05) is 19.6 Å². The second-order valence-electron chi connectivity index (χ2n) is 7.38. The van der Waals surface area contributed by atoms with Gasteiger partial charge >= 0.3 is 0 Å². The van der Waals surface area contributed by atoms with Crippen LogP contribution in [0, 0.1) is 5.82 Å². The number of likely N-dealkylation sites (tertiary alicyclic amines) is 1. The van der Waals surface area contributed by atoms with E-state index in [2.05, 4.69) is 15.2 Å². The lowest BCUT2D eigenvalue weighted by Gasteiger charge is -2.21. The fourth-order valence-electron chi connectivity index (χ4n) is 3.78.